The molecule has 5 aromatic rings. The van der Waals surface area contributed by atoms with E-state index in [1.807, 2.05) is 47.0 Å². The van der Waals surface area contributed by atoms with Crippen LogP contribution in [-0.2, 0) is 6.54 Å². The number of ether oxygens (including phenoxy) is 1. The van der Waals surface area contributed by atoms with Crippen LogP contribution in [0.15, 0.2) is 103 Å². The molecule has 0 radical (unpaired) electrons. The highest BCUT2D eigenvalue weighted by Gasteiger charge is 2.33. The summed E-state index contributed by atoms with van der Waals surface area (Å²) in [7, 11) is 0. The zero-order valence-corrected chi connectivity index (χ0v) is 17.4. The van der Waals surface area contributed by atoms with Crippen molar-refractivity contribution in [2.75, 3.05) is 0 Å². The summed E-state index contributed by atoms with van der Waals surface area (Å²) >= 11 is 0. The number of hydrogen-bond donors (Lipinski definition) is 1. The first-order valence-electron chi connectivity index (χ1n) is 10.7. The Morgan fingerprint density at radius 3 is 2.31 bits per heavy atom. The molecule has 1 atom stereocenters. The molecule has 0 fully saturated rings. The van der Waals surface area contributed by atoms with Gasteiger partial charge in [0.05, 0.1) is 12.1 Å². The lowest BCUT2D eigenvalue weighted by Crippen LogP contribution is -2.30. The second-order valence-corrected chi connectivity index (χ2v) is 8.07. The third kappa shape index (κ3) is 3.00. The van der Waals surface area contributed by atoms with Crippen molar-refractivity contribution in [3.8, 4) is 11.6 Å². The van der Waals surface area contributed by atoms with Crippen molar-refractivity contribution in [3.05, 3.63) is 131 Å². The Kier molecular flexibility index (Phi) is 4.36. The third-order valence-corrected chi connectivity index (χ3v) is 6.13. The van der Waals surface area contributed by atoms with Crippen LogP contribution >= 0.6 is 0 Å². The molecule has 0 saturated carbocycles. The van der Waals surface area contributed by atoms with Gasteiger partial charge in [-0.2, -0.15) is 0 Å². The van der Waals surface area contributed by atoms with Crippen LogP contribution in [-0.4, -0.2) is 9.55 Å². The van der Waals surface area contributed by atoms with Gasteiger partial charge in [0, 0.05) is 11.5 Å². The van der Waals surface area contributed by atoms with E-state index in [2.05, 4.69) is 59.6 Å². The summed E-state index contributed by atoms with van der Waals surface area (Å²) in [5.41, 5.74) is 4.58. The molecule has 1 aliphatic rings. The van der Waals surface area contributed by atoms with Crippen LogP contribution in [0, 0.1) is 5.41 Å². The molecule has 1 unspecified atom stereocenters. The van der Waals surface area contributed by atoms with Crippen LogP contribution in [0.5, 0.6) is 11.6 Å². The van der Waals surface area contributed by atoms with Crippen LogP contribution in [0.3, 0.4) is 0 Å². The van der Waals surface area contributed by atoms with Crippen molar-refractivity contribution in [3.63, 3.8) is 0 Å². The van der Waals surface area contributed by atoms with E-state index in [-0.39, 0.29) is 5.92 Å². The minimum Gasteiger partial charge on any atom is -0.438 e. The molecule has 0 spiro atoms. The van der Waals surface area contributed by atoms with Gasteiger partial charge in [-0.15, -0.1) is 0 Å². The zero-order valence-electron chi connectivity index (χ0n) is 17.4. The Labute approximate surface area is 185 Å². The van der Waals surface area contributed by atoms with Crippen LogP contribution in [0.25, 0.3) is 10.8 Å². The first-order valence-corrected chi connectivity index (χ1v) is 10.7. The van der Waals surface area contributed by atoms with Gasteiger partial charge in [-0.05, 0) is 28.0 Å². The number of benzene rings is 4. The van der Waals surface area contributed by atoms with Gasteiger partial charge in [0.15, 0.2) is 0 Å². The molecule has 0 aliphatic carbocycles. The molecule has 32 heavy (non-hydrogen) atoms. The van der Waals surface area contributed by atoms with Crippen molar-refractivity contribution in [2.24, 2.45) is 0 Å². The average molecular weight is 415 g/mol. The summed E-state index contributed by atoms with van der Waals surface area (Å²) < 4.78 is 8.17. The molecule has 4 nitrogen and oxygen atoms in total. The van der Waals surface area contributed by atoms with Crippen LogP contribution in [0.2, 0.25) is 0 Å². The zero-order chi connectivity index (χ0) is 21.5. The number of nitrogens with zero attached hydrogens (tertiary/aromatic N) is 2. The summed E-state index contributed by atoms with van der Waals surface area (Å²) in [4.78, 5) is 4.65. The van der Waals surface area contributed by atoms with Gasteiger partial charge >= 0.3 is 0 Å². The first kappa shape index (κ1) is 18.6. The van der Waals surface area contributed by atoms with E-state index in [0.717, 1.165) is 38.8 Å². The normalized spacial score (nSPS) is 14.4. The molecule has 1 N–H and O–H groups in total. The lowest BCUT2D eigenvalue weighted by atomic mass is 9.81. The van der Waals surface area contributed by atoms with Gasteiger partial charge in [-0.1, -0.05) is 91.0 Å². The smallest absolute Gasteiger partial charge is 0.228 e. The van der Waals surface area contributed by atoms with Crippen molar-refractivity contribution >= 4 is 10.8 Å². The Hall–Kier alpha value is -4.18. The van der Waals surface area contributed by atoms with E-state index >= 15 is 0 Å². The van der Waals surface area contributed by atoms with Gasteiger partial charge in [-0.25, -0.2) is 4.98 Å². The largest absolute Gasteiger partial charge is 0.438 e. The predicted octanol–water partition coefficient (Wildman–Crippen LogP) is 5.85. The highest BCUT2D eigenvalue weighted by molar-refractivity contribution is 5.90. The topological polar surface area (TPSA) is 50.9 Å². The summed E-state index contributed by atoms with van der Waals surface area (Å²) in [6, 6.07) is 33.0. The summed E-state index contributed by atoms with van der Waals surface area (Å²) in [5, 5.41) is 11.4. The van der Waals surface area contributed by atoms with Crippen LogP contribution in [0.1, 0.15) is 28.2 Å². The molecule has 0 bridgehead atoms. The van der Waals surface area contributed by atoms with Crippen LogP contribution in [0.4, 0.5) is 0 Å². The van der Waals surface area contributed by atoms with Gasteiger partial charge in [0.1, 0.15) is 17.6 Å². The maximum atomic E-state index is 9.15. The van der Waals surface area contributed by atoms with Gasteiger partial charge in [0.25, 0.3) is 0 Å². The standard InChI is InChI=1S/C28H21N3O/c29-27-26-24(21-12-5-2-6-13-21)25-22-14-8-7-11-20(22)15-16-23(25)32-28(26)30-18-31(27)17-19-9-3-1-4-10-19/h1-16,18,24,29H,17H2. The number of aromatic nitrogens is 2. The summed E-state index contributed by atoms with van der Waals surface area (Å²) in [5.74, 6) is 1.18. The highest BCUT2D eigenvalue weighted by Crippen LogP contribution is 2.47. The lowest BCUT2D eigenvalue weighted by molar-refractivity contribution is 0.425. The van der Waals surface area contributed by atoms with Crippen molar-refractivity contribution < 1.29 is 4.74 Å². The maximum absolute atomic E-state index is 9.15. The lowest BCUT2D eigenvalue weighted by Gasteiger charge is -2.29. The summed E-state index contributed by atoms with van der Waals surface area (Å²) in [6.45, 7) is 0.587. The predicted molar refractivity (Wildman–Crippen MR) is 125 cm³/mol. The van der Waals surface area contributed by atoms with E-state index in [1.165, 1.54) is 0 Å². The number of nitrogens with one attached hydrogen (secondary N) is 1. The SMILES string of the molecule is N=c1c2c(ncn1Cc1ccccc1)Oc1ccc3ccccc3c1C2c1ccccc1. The van der Waals surface area contributed by atoms with Crippen LogP contribution < -0.4 is 10.2 Å². The molecule has 1 aliphatic heterocycles. The van der Waals surface area contributed by atoms with Crippen molar-refractivity contribution in [1.82, 2.24) is 9.55 Å². The molecule has 2 heterocycles. The summed E-state index contributed by atoms with van der Waals surface area (Å²) in [6.07, 6.45) is 1.71. The van der Waals surface area contributed by atoms with E-state index in [9.17, 15) is 0 Å². The molecule has 4 aromatic carbocycles. The molecule has 0 amide bonds. The van der Waals surface area contributed by atoms with Crippen molar-refractivity contribution in [2.45, 2.75) is 12.5 Å². The molecule has 1 aromatic heterocycles. The van der Waals surface area contributed by atoms with E-state index in [4.69, 9.17) is 10.1 Å². The fourth-order valence-electron chi connectivity index (χ4n) is 4.64. The number of fused-ring (bicyclic) bond motifs is 4. The monoisotopic (exact) mass is 415 g/mol. The van der Waals surface area contributed by atoms with E-state index in [1.54, 1.807) is 6.33 Å². The fraction of sp³-hybridized carbons (Fsp3) is 0.0714. The maximum Gasteiger partial charge on any atom is 0.228 e. The quantitative estimate of drug-likeness (QED) is 0.394. The Morgan fingerprint density at radius 1 is 0.781 bits per heavy atom. The molecular weight excluding hydrogens is 394 g/mol. The number of hydrogen-bond acceptors (Lipinski definition) is 3. The third-order valence-electron chi connectivity index (χ3n) is 6.13. The fourth-order valence-corrected chi connectivity index (χ4v) is 4.64. The Bertz CT molecular complexity index is 1490. The second-order valence-electron chi connectivity index (χ2n) is 8.07. The molecule has 4 heteroatoms. The van der Waals surface area contributed by atoms with E-state index in [0.29, 0.717) is 17.9 Å². The molecule has 6 rings (SSSR count). The van der Waals surface area contributed by atoms with Gasteiger partial charge < -0.3 is 9.30 Å². The molecule has 154 valence electrons. The van der Waals surface area contributed by atoms with Gasteiger partial charge in [-0.3, -0.25) is 5.41 Å². The first-order chi connectivity index (χ1) is 15.8. The Balaban J connectivity index is 1.61. The van der Waals surface area contributed by atoms with Gasteiger partial charge in [0.2, 0.25) is 5.88 Å². The van der Waals surface area contributed by atoms with E-state index < -0.39 is 0 Å². The molecule has 0 saturated heterocycles. The minimum atomic E-state index is -0.135. The second kappa shape index (κ2) is 7.50. The minimum absolute atomic E-state index is 0.135. The molecular formula is C28H21N3O. The Morgan fingerprint density at radius 2 is 1.50 bits per heavy atom. The average Bonchev–Trinajstić information content (AvgIpc) is 2.85. The highest BCUT2D eigenvalue weighted by atomic mass is 16.5. The number of rotatable bonds is 3. The van der Waals surface area contributed by atoms with Crippen molar-refractivity contribution in [1.29, 1.82) is 5.41 Å².